The van der Waals surface area contributed by atoms with Crippen LogP contribution in [0, 0.1) is 19.7 Å². The van der Waals surface area contributed by atoms with E-state index in [-0.39, 0.29) is 29.2 Å². The van der Waals surface area contributed by atoms with E-state index < -0.39 is 21.7 Å². The van der Waals surface area contributed by atoms with Crippen LogP contribution in [-0.4, -0.2) is 47.6 Å². The minimum atomic E-state index is -3.08. The summed E-state index contributed by atoms with van der Waals surface area (Å²) in [6, 6.07) is 9.94. The number of ether oxygens (including phenoxy) is 1. The van der Waals surface area contributed by atoms with Crippen LogP contribution in [0.4, 0.5) is 10.1 Å². The van der Waals surface area contributed by atoms with E-state index in [4.69, 9.17) is 14.2 Å². The van der Waals surface area contributed by atoms with Gasteiger partial charge in [0.15, 0.2) is 11.6 Å². The highest BCUT2D eigenvalue weighted by molar-refractivity contribution is 7.91. The fourth-order valence-corrected chi connectivity index (χ4v) is 7.45. The number of imidazole rings is 1. The molecule has 1 atom stereocenters. The Hall–Kier alpha value is -3.73. The van der Waals surface area contributed by atoms with Crippen LogP contribution >= 0.6 is 0 Å². The molecule has 4 heterocycles. The lowest BCUT2D eigenvalue weighted by Crippen LogP contribution is -2.32. The molecule has 9 nitrogen and oxygen atoms in total. The number of halogens is 1. The second kappa shape index (κ2) is 9.48. The number of benzene rings is 2. The van der Waals surface area contributed by atoms with Gasteiger partial charge in [-0.1, -0.05) is 11.2 Å². The molecule has 1 amide bonds. The maximum Gasteiger partial charge on any atom is 0.227 e. The molecular weight excluding hydrogens is 523 g/mol. The van der Waals surface area contributed by atoms with Crippen LogP contribution < -0.4 is 9.64 Å². The normalized spacial score (nSPS) is 19.7. The first kappa shape index (κ1) is 25.5. The van der Waals surface area contributed by atoms with Gasteiger partial charge in [-0.15, -0.1) is 0 Å². The molecule has 204 valence electrons. The molecule has 0 unspecified atom stereocenters. The number of rotatable bonds is 5. The van der Waals surface area contributed by atoms with Crippen molar-refractivity contribution in [3.8, 4) is 16.9 Å². The van der Waals surface area contributed by atoms with Crippen LogP contribution in [0.2, 0.25) is 0 Å². The Bertz CT molecular complexity index is 1680. The van der Waals surface area contributed by atoms with Crippen LogP contribution in [-0.2, 0) is 14.6 Å². The predicted octanol–water partition coefficient (Wildman–Crippen LogP) is 5.07. The Kier molecular flexibility index (Phi) is 6.21. The van der Waals surface area contributed by atoms with Crippen LogP contribution in [0.15, 0.2) is 40.9 Å². The fourth-order valence-electron chi connectivity index (χ4n) is 5.98. The summed E-state index contributed by atoms with van der Waals surface area (Å²) in [5, 5.41) is 4.08. The summed E-state index contributed by atoms with van der Waals surface area (Å²) < 4.78 is 51.7. The van der Waals surface area contributed by atoms with Gasteiger partial charge >= 0.3 is 0 Å². The molecule has 2 aromatic carbocycles. The van der Waals surface area contributed by atoms with Crippen molar-refractivity contribution in [2.75, 3.05) is 23.5 Å². The van der Waals surface area contributed by atoms with Crippen molar-refractivity contribution in [3.63, 3.8) is 0 Å². The van der Waals surface area contributed by atoms with Gasteiger partial charge in [-0.3, -0.25) is 4.79 Å². The number of carbonyl (C=O) groups is 1. The minimum Gasteiger partial charge on any atom is -0.494 e. The van der Waals surface area contributed by atoms with E-state index >= 15 is 0 Å². The molecule has 0 radical (unpaired) electrons. The van der Waals surface area contributed by atoms with Crippen molar-refractivity contribution < 1.29 is 26.9 Å². The molecule has 2 aliphatic rings. The third-order valence-corrected chi connectivity index (χ3v) is 9.57. The van der Waals surface area contributed by atoms with E-state index in [1.807, 2.05) is 32.0 Å². The maximum absolute atomic E-state index is 14.7. The monoisotopic (exact) mass is 552 g/mol. The van der Waals surface area contributed by atoms with Crippen molar-refractivity contribution in [1.82, 2.24) is 14.7 Å². The minimum absolute atomic E-state index is 0.0939. The summed E-state index contributed by atoms with van der Waals surface area (Å²) in [4.78, 5) is 19.8. The molecule has 4 aromatic rings. The summed E-state index contributed by atoms with van der Waals surface area (Å²) in [5.41, 5.74) is 4.63. The number of aromatic nitrogens is 3. The number of fused-ring (bicyclic) bond motifs is 1. The number of carbonyl (C=O) groups excluding carboxylic acids is 1. The van der Waals surface area contributed by atoms with Crippen molar-refractivity contribution in [3.05, 3.63) is 59.5 Å². The van der Waals surface area contributed by atoms with Crippen LogP contribution in [0.25, 0.3) is 22.2 Å². The first-order chi connectivity index (χ1) is 18.7. The van der Waals surface area contributed by atoms with E-state index in [1.165, 1.54) is 19.2 Å². The van der Waals surface area contributed by atoms with E-state index in [0.29, 0.717) is 43.0 Å². The summed E-state index contributed by atoms with van der Waals surface area (Å²) in [6.45, 7) is 3.75. The lowest BCUT2D eigenvalue weighted by atomic mass is 10.0. The molecule has 2 aliphatic heterocycles. The van der Waals surface area contributed by atoms with Crippen molar-refractivity contribution in [1.29, 1.82) is 0 Å². The first-order valence-electron chi connectivity index (χ1n) is 13.0. The number of nitrogens with zero attached hydrogens (tertiary/aromatic N) is 4. The summed E-state index contributed by atoms with van der Waals surface area (Å²) in [5.74, 6) is 1.01. The average Bonchev–Trinajstić information content (AvgIpc) is 3.57. The Morgan fingerprint density at radius 1 is 1.08 bits per heavy atom. The van der Waals surface area contributed by atoms with Crippen LogP contribution in [0.3, 0.4) is 0 Å². The maximum atomic E-state index is 14.7. The van der Waals surface area contributed by atoms with E-state index in [1.54, 1.807) is 11.0 Å². The number of hydrogen-bond acceptors (Lipinski definition) is 7. The van der Waals surface area contributed by atoms with Crippen molar-refractivity contribution >= 4 is 32.5 Å². The molecule has 6 rings (SSSR count). The molecule has 0 bridgehead atoms. The van der Waals surface area contributed by atoms with Gasteiger partial charge in [0.25, 0.3) is 0 Å². The Balaban J connectivity index is 1.50. The summed E-state index contributed by atoms with van der Waals surface area (Å²) in [7, 11) is -1.69. The smallest absolute Gasteiger partial charge is 0.227 e. The highest BCUT2D eigenvalue weighted by atomic mass is 32.2. The van der Waals surface area contributed by atoms with Crippen LogP contribution in [0.5, 0.6) is 5.75 Å². The average molecular weight is 553 g/mol. The number of hydrogen-bond donors (Lipinski definition) is 0. The van der Waals surface area contributed by atoms with Crippen molar-refractivity contribution in [2.45, 2.75) is 51.6 Å². The molecule has 0 aliphatic carbocycles. The molecule has 39 heavy (non-hydrogen) atoms. The molecule has 0 saturated carbocycles. The number of methoxy groups -OCH3 is 1. The van der Waals surface area contributed by atoms with Crippen LogP contribution in [0.1, 0.15) is 55.0 Å². The zero-order valence-corrected chi connectivity index (χ0v) is 22.8. The third kappa shape index (κ3) is 4.38. The fraction of sp³-hybridized carbons (Fsp3) is 0.393. The second-order valence-electron chi connectivity index (χ2n) is 10.3. The van der Waals surface area contributed by atoms with E-state index in [0.717, 1.165) is 27.9 Å². The molecule has 2 fully saturated rings. The molecule has 2 saturated heterocycles. The Morgan fingerprint density at radius 2 is 1.85 bits per heavy atom. The molecule has 0 N–H and O–H groups in total. The van der Waals surface area contributed by atoms with Crippen molar-refractivity contribution in [2.24, 2.45) is 0 Å². The summed E-state index contributed by atoms with van der Waals surface area (Å²) >= 11 is 0. The van der Waals surface area contributed by atoms with Gasteiger partial charge in [0.1, 0.15) is 21.4 Å². The van der Waals surface area contributed by atoms with Gasteiger partial charge in [0.05, 0.1) is 41.4 Å². The van der Waals surface area contributed by atoms with Gasteiger partial charge in [0, 0.05) is 29.8 Å². The Labute approximate surface area is 225 Å². The van der Waals surface area contributed by atoms with Gasteiger partial charge in [-0.25, -0.2) is 17.8 Å². The van der Waals surface area contributed by atoms with Gasteiger partial charge in [-0.05, 0) is 62.9 Å². The standard InChI is InChI=1S/C28H29FN4O5S/c1-16-27(17(2)38-31-16)18-4-6-23-22(14-18)30-28(33(23)19-10-12-39(35,36)13-11-19)24-7-9-26(34)32(24)20-5-8-25(37-3)21(29)15-20/h4-6,8,14-15,19,24H,7,9-13H2,1-3H3/t24-/m0/s1. The predicted molar refractivity (Wildman–Crippen MR) is 144 cm³/mol. The van der Waals surface area contributed by atoms with Gasteiger partial charge in [0.2, 0.25) is 5.91 Å². The van der Waals surface area contributed by atoms with E-state index in [2.05, 4.69) is 9.72 Å². The van der Waals surface area contributed by atoms with Gasteiger partial charge < -0.3 is 18.7 Å². The largest absolute Gasteiger partial charge is 0.494 e. The highest BCUT2D eigenvalue weighted by Crippen LogP contribution is 2.42. The molecule has 2 aromatic heterocycles. The first-order valence-corrected chi connectivity index (χ1v) is 14.8. The molecule has 0 spiro atoms. The quantitative estimate of drug-likeness (QED) is 0.340. The number of aryl methyl sites for hydroxylation is 2. The second-order valence-corrected chi connectivity index (χ2v) is 12.6. The lowest BCUT2D eigenvalue weighted by molar-refractivity contribution is -0.117. The lowest BCUT2D eigenvalue weighted by Gasteiger charge is -2.30. The SMILES string of the molecule is COc1ccc(N2C(=O)CC[C@H]2c2nc3cc(-c4c(C)noc4C)ccc3n2C2CCS(=O)(=O)CC2)cc1F. The van der Waals surface area contributed by atoms with E-state index in [9.17, 15) is 17.6 Å². The number of sulfone groups is 1. The third-order valence-electron chi connectivity index (χ3n) is 7.85. The highest BCUT2D eigenvalue weighted by Gasteiger charge is 2.39. The zero-order chi connectivity index (χ0) is 27.5. The molecule has 11 heteroatoms. The number of anilines is 1. The number of amides is 1. The Morgan fingerprint density at radius 3 is 2.51 bits per heavy atom. The molecular formula is C28H29FN4O5S. The zero-order valence-electron chi connectivity index (χ0n) is 22.0. The van der Waals surface area contributed by atoms with Gasteiger partial charge in [-0.2, -0.15) is 0 Å². The topological polar surface area (TPSA) is 108 Å². The summed E-state index contributed by atoms with van der Waals surface area (Å²) in [6.07, 6.45) is 1.73.